The molecule has 1 rings (SSSR count). The van der Waals surface area contributed by atoms with Crippen LogP contribution in [0.4, 0.5) is 0 Å². The SMILES string of the molecule is CCCCCC(C)NCC(C)C1CNC1. The Labute approximate surface area is 95.2 Å². The zero-order valence-corrected chi connectivity index (χ0v) is 10.7. The molecule has 0 radical (unpaired) electrons. The fourth-order valence-corrected chi connectivity index (χ4v) is 2.07. The molecule has 2 heteroatoms. The first-order chi connectivity index (χ1) is 7.24. The second-order valence-electron chi connectivity index (χ2n) is 5.20. The molecule has 2 N–H and O–H groups in total. The van der Waals surface area contributed by atoms with Gasteiger partial charge in [0.2, 0.25) is 0 Å². The Bertz CT molecular complexity index is 155. The highest BCUT2D eigenvalue weighted by molar-refractivity contribution is 4.80. The lowest BCUT2D eigenvalue weighted by Crippen LogP contribution is -2.48. The summed E-state index contributed by atoms with van der Waals surface area (Å²) < 4.78 is 0. The average Bonchev–Trinajstić information content (AvgIpc) is 2.12. The predicted molar refractivity (Wildman–Crippen MR) is 67.1 cm³/mol. The van der Waals surface area contributed by atoms with Crippen molar-refractivity contribution in [2.24, 2.45) is 11.8 Å². The normalized spacial score (nSPS) is 21.0. The van der Waals surface area contributed by atoms with Gasteiger partial charge in [-0.2, -0.15) is 0 Å². The van der Waals surface area contributed by atoms with Gasteiger partial charge in [0.15, 0.2) is 0 Å². The van der Waals surface area contributed by atoms with E-state index in [2.05, 4.69) is 31.4 Å². The molecule has 1 aliphatic heterocycles. The minimum absolute atomic E-state index is 0.701. The molecule has 90 valence electrons. The smallest absolute Gasteiger partial charge is 0.00388 e. The monoisotopic (exact) mass is 212 g/mol. The quantitative estimate of drug-likeness (QED) is 0.604. The van der Waals surface area contributed by atoms with E-state index in [1.807, 2.05) is 0 Å². The molecule has 0 saturated carbocycles. The van der Waals surface area contributed by atoms with E-state index in [-0.39, 0.29) is 0 Å². The van der Waals surface area contributed by atoms with E-state index in [1.165, 1.54) is 45.3 Å². The maximum atomic E-state index is 3.66. The van der Waals surface area contributed by atoms with Gasteiger partial charge in [0.05, 0.1) is 0 Å². The second-order valence-corrected chi connectivity index (χ2v) is 5.20. The van der Waals surface area contributed by atoms with Gasteiger partial charge in [-0.25, -0.2) is 0 Å². The van der Waals surface area contributed by atoms with Crippen molar-refractivity contribution in [3.8, 4) is 0 Å². The van der Waals surface area contributed by atoms with Gasteiger partial charge in [-0.3, -0.25) is 0 Å². The molecular formula is C13H28N2. The lowest BCUT2D eigenvalue weighted by Gasteiger charge is -2.33. The minimum Gasteiger partial charge on any atom is -0.316 e. The summed E-state index contributed by atoms with van der Waals surface area (Å²) in [6, 6.07) is 0.701. The average molecular weight is 212 g/mol. The van der Waals surface area contributed by atoms with Crippen molar-refractivity contribution in [1.29, 1.82) is 0 Å². The van der Waals surface area contributed by atoms with Crippen molar-refractivity contribution < 1.29 is 0 Å². The van der Waals surface area contributed by atoms with Crippen LogP contribution in [0, 0.1) is 11.8 Å². The molecule has 2 nitrogen and oxygen atoms in total. The van der Waals surface area contributed by atoms with Crippen molar-refractivity contribution in [2.45, 2.75) is 52.5 Å². The summed E-state index contributed by atoms with van der Waals surface area (Å²) in [5.74, 6) is 1.75. The van der Waals surface area contributed by atoms with Crippen LogP contribution >= 0.6 is 0 Å². The largest absolute Gasteiger partial charge is 0.316 e. The molecule has 0 bridgehead atoms. The summed E-state index contributed by atoms with van der Waals surface area (Å²) in [7, 11) is 0. The highest BCUT2D eigenvalue weighted by Crippen LogP contribution is 2.15. The minimum atomic E-state index is 0.701. The molecule has 1 saturated heterocycles. The van der Waals surface area contributed by atoms with E-state index in [4.69, 9.17) is 0 Å². The van der Waals surface area contributed by atoms with Gasteiger partial charge in [0.1, 0.15) is 0 Å². The van der Waals surface area contributed by atoms with Gasteiger partial charge >= 0.3 is 0 Å². The van der Waals surface area contributed by atoms with Crippen LogP contribution in [0.15, 0.2) is 0 Å². The zero-order chi connectivity index (χ0) is 11.1. The third-order valence-electron chi connectivity index (χ3n) is 3.65. The van der Waals surface area contributed by atoms with Gasteiger partial charge in [-0.15, -0.1) is 0 Å². The van der Waals surface area contributed by atoms with Crippen LogP contribution in [0.2, 0.25) is 0 Å². The molecular weight excluding hydrogens is 184 g/mol. The Morgan fingerprint density at radius 3 is 2.53 bits per heavy atom. The second kappa shape index (κ2) is 7.24. The molecule has 0 spiro atoms. The standard InChI is InChI=1S/C13H28N2/c1-4-5-6-7-12(3)15-8-11(2)13-9-14-10-13/h11-15H,4-10H2,1-3H3. The molecule has 0 aromatic carbocycles. The highest BCUT2D eigenvalue weighted by Gasteiger charge is 2.23. The summed E-state index contributed by atoms with van der Waals surface area (Å²) in [5, 5.41) is 7.01. The van der Waals surface area contributed by atoms with Gasteiger partial charge < -0.3 is 10.6 Å². The molecule has 0 aromatic heterocycles. The number of hydrogen-bond donors (Lipinski definition) is 2. The first-order valence-electron chi connectivity index (χ1n) is 6.68. The van der Waals surface area contributed by atoms with Crippen molar-refractivity contribution in [3.63, 3.8) is 0 Å². The summed E-state index contributed by atoms with van der Waals surface area (Å²) in [6.07, 6.45) is 5.43. The van der Waals surface area contributed by atoms with Gasteiger partial charge in [-0.05, 0) is 44.8 Å². The van der Waals surface area contributed by atoms with E-state index < -0.39 is 0 Å². The van der Waals surface area contributed by atoms with Gasteiger partial charge in [0, 0.05) is 6.04 Å². The molecule has 0 amide bonds. The van der Waals surface area contributed by atoms with Crippen LogP contribution < -0.4 is 10.6 Å². The Balaban J connectivity index is 1.97. The summed E-state index contributed by atoms with van der Waals surface area (Å²) in [5.41, 5.74) is 0. The van der Waals surface area contributed by atoms with Crippen LogP contribution in [0.5, 0.6) is 0 Å². The molecule has 0 aromatic rings. The number of nitrogens with one attached hydrogen (secondary N) is 2. The van der Waals surface area contributed by atoms with Gasteiger partial charge in [0.25, 0.3) is 0 Å². The highest BCUT2D eigenvalue weighted by atomic mass is 15.0. The van der Waals surface area contributed by atoms with Crippen LogP contribution in [-0.4, -0.2) is 25.7 Å². The van der Waals surface area contributed by atoms with Crippen molar-refractivity contribution >= 4 is 0 Å². The van der Waals surface area contributed by atoms with Crippen LogP contribution in [0.25, 0.3) is 0 Å². The predicted octanol–water partition coefficient (Wildman–Crippen LogP) is 2.40. The van der Waals surface area contributed by atoms with Crippen molar-refractivity contribution in [2.75, 3.05) is 19.6 Å². The third-order valence-corrected chi connectivity index (χ3v) is 3.65. The van der Waals surface area contributed by atoms with Crippen LogP contribution in [0.3, 0.4) is 0 Å². The van der Waals surface area contributed by atoms with E-state index in [9.17, 15) is 0 Å². The lowest BCUT2D eigenvalue weighted by atomic mass is 9.89. The van der Waals surface area contributed by atoms with Gasteiger partial charge in [-0.1, -0.05) is 33.1 Å². The zero-order valence-electron chi connectivity index (χ0n) is 10.7. The summed E-state index contributed by atoms with van der Waals surface area (Å²) in [6.45, 7) is 10.6. The van der Waals surface area contributed by atoms with E-state index in [0.29, 0.717) is 6.04 Å². The lowest BCUT2D eigenvalue weighted by molar-refractivity contribution is 0.237. The molecule has 2 unspecified atom stereocenters. The maximum Gasteiger partial charge on any atom is 0.00388 e. The fourth-order valence-electron chi connectivity index (χ4n) is 2.07. The molecule has 0 aliphatic carbocycles. The Morgan fingerprint density at radius 1 is 1.27 bits per heavy atom. The van der Waals surface area contributed by atoms with Crippen molar-refractivity contribution in [3.05, 3.63) is 0 Å². The Kier molecular flexibility index (Phi) is 6.26. The molecule has 1 aliphatic rings. The summed E-state index contributed by atoms with van der Waals surface area (Å²) in [4.78, 5) is 0. The van der Waals surface area contributed by atoms with E-state index in [1.54, 1.807) is 0 Å². The fraction of sp³-hybridized carbons (Fsp3) is 1.00. The van der Waals surface area contributed by atoms with Crippen LogP contribution in [-0.2, 0) is 0 Å². The first kappa shape index (κ1) is 13.0. The first-order valence-corrected chi connectivity index (χ1v) is 6.68. The number of hydrogen-bond acceptors (Lipinski definition) is 2. The topological polar surface area (TPSA) is 24.1 Å². The van der Waals surface area contributed by atoms with Crippen LogP contribution in [0.1, 0.15) is 46.5 Å². The van der Waals surface area contributed by atoms with E-state index >= 15 is 0 Å². The Morgan fingerprint density at radius 2 is 2.00 bits per heavy atom. The molecule has 15 heavy (non-hydrogen) atoms. The molecule has 1 fully saturated rings. The third kappa shape index (κ3) is 4.98. The maximum absolute atomic E-state index is 3.66. The molecule has 1 heterocycles. The molecule has 2 atom stereocenters. The number of rotatable bonds is 8. The Hall–Kier alpha value is -0.0800. The number of unbranched alkanes of at least 4 members (excludes halogenated alkanes) is 2. The van der Waals surface area contributed by atoms with Crippen molar-refractivity contribution in [1.82, 2.24) is 10.6 Å². The van der Waals surface area contributed by atoms with E-state index in [0.717, 1.165) is 11.8 Å². The summed E-state index contributed by atoms with van der Waals surface area (Å²) >= 11 is 0.